The number of nitrogens with zero attached hydrogens (tertiary/aromatic N) is 2. The van der Waals surface area contributed by atoms with Crippen LogP contribution in [0.1, 0.15) is 22.0 Å². The Labute approximate surface area is 173 Å². The molecule has 0 spiro atoms. The monoisotopic (exact) mass is 425 g/mol. The van der Waals surface area contributed by atoms with Crippen LogP contribution in [0.5, 0.6) is 11.5 Å². The summed E-state index contributed by atoms with van der Waals surface area (Å²) in [5.41, 5.74) is 0.394. The van der Waals surface area contributed by atoms with Crippen LogP contribution < -0.4 is 14.8 Å². The van der Waals surface area contributed by atoms with Gasteiger partial charge in [0, 0.05) is 25.7 Å². The van der Waals surface area contributed by atoms with Gasteiger partial charge in [0.15, 0.2) is 5.75 Å². The second-order valence-corrected chi connectivity index (χ2v) is 6.26. The number of halogens is 2. The van der Waals surface area contributed by atoms with Gasteiger partial charge >= 0.3 is 5.69 Å². The highest BCUT2D eigenvalue weighted by molar-refractivity contribution is 5.96. The molecule has 1 amide bonds. The fraction of sp³-hybridized carbons (Fsp3) is 0.316. The van der Waals surface area contributed by atoms with Crippen molar-refractivity contribution in [1.82, 2.24) is 10.2 Å². The number of piperazine rings is 1. The summed E-state index contributed by atoms with van der Waals surface area (Å²) in [6, 6.07) is 8.25. The van der Waals surface area contributed by atoms with Crippen molar-refractivity contribution in [2.75, 3.05) is 33.9 Å². The average molecular weight is 426 g/mol. The number of nitro groups is 1. The minimum atomic E-state index is -0.625. The van der Waals surface area contributed by atoms with Crippen molar-refractivity contribution in [1.29, 1.82) is 0 Å². The number of hydrogen-bond acceptors (Lipinski definition) is 6. The smallest absolute Gasteiger partial charge is 0.315 e. The Morgan fingerprint density at radius 1 is 1.28 bits per heavy atom. The Kier molecular flexibility index (Phi) is 7.35. The molecule has 1 aliphatic rings. The van der Waals surface area contributed by atoms with Crippen LogP contribution in [-0.4, -0.2) is 49.6 Å². The number of methoxy groups -OCH3 is 2. The molecule has 8 nitrogen and oxygen atoms in total. The highest BCUT2D eigenvalue weighted by atomic mass is 35.5. The molecule has 29 heavy (non-hydrogen) atoms. The van der Waals surface area contributed by atoms with E-state index < -0.39 is 22.7 Å². The number of hydrogen-bond donors (Lipinski definition) is 1. The van der Waals surface area contributed by atoms with Crippen LogP contribution in [0, 0.1) is 15.9 Å². The zero-order valence-corrected chi connectivity index (χ0v) is 16.7. The van der Waals surface area contributed by atoms with Gasteiger partial charge in [0.25, 0.3) is 5.91 Å². The summed E-state index contributed by atoms with van der Waals surface area (Å²) in [5.74, 6) is -0.749. The van der Waals surface area contributed by atoms with Crippen molar-refractivity contribution in [2.45, 2.75) is 6.04 Å². The van der Waals surface area contributed by atoms with Gasteiger partial charge in [-0.2, -0.15) is 0 Å². The lowest BCUT2D eigenvalue weighted by Crippen LogP contribution is -2.48. The van der Waals surface area contributed by atoms with Crippen molar-refractivity contribution in [2.24, 2.45) is 0 Å². The number of nitrogens with one attached hydrogen (secondary N) is 1. The fourth-order valence-electron chi connectivity index (χ4n) is 3.33. The van der Waals surface area contributed by atoms with Gasteiger partial charge in [-0.25, -0.2) is 4.39 Å². The van der Waals surface area contributed by atoms with E-state index in [1.54, 1.807) is 17.0 Å². The second kappa shape index (κ2) is 9.53. The largest absolute Gasteiger partial charge is 0.493 e. The topological polar surface area (TPSA) is 93.9 Å². The van der Waals surface area contributed by atoms with E-state index >= 15 is 0 Å². The molecule has 1 aliphatic heterocycles. The molecule has 1 fully saturated rings. The maximum absolute atomic E-state index is 13.7. The number of amides is 1. The molecule has 2 aromatic carbocycles. The van der Waals surface area contributed by atoms with Crippen molar-refractivity contribution in [3.63, 3.8) is 0 Å². The summed E-state index contributed by atoms with van der Waals surface area (Å²) in [6.45, 7) is 1.39. The molecule has 0 radical (unpaired) electrons. The number of ether oxygens (including phenoxy) is 2. The molecule has 1 atom stereocenters. The lowest BCUT2D eigenvalue weighted by atomic mass is 10.0. The van der Waals surface area contributed by atoms with Crippen molar-refractivity contribution in [3.05, 3.63) is 63.5 Å². The van der Waals surface area contributed by atoms with Gasteiger partial charge in [-0.05, 0) is 23.8 Å². The molecule has 156 valence electrons. The Balaban J connectivity index is 0.00000300. The number of carbonyl (C=O) groups excluding carboxylic acids is 1. The predicted molar refractivity (Wildman–Crippen MR) is 106 cm³/mol. The summed E-state index contributed by atoms with van der Waals surface area (Å²) in [5, 5.41) is 14.6. The van der Waals surface area contributed by atoms with Gasteiger partial charge < -0.3 is 19.7 Å². The molecule has 0 aromatic heterocycles. The standard InChI is InChI=1S/C19H20FN3O5.ClH/c1-27-17-10-13(9-15(23(25)26)18(17)28-2)19(24)22-7-6-21-11-16(22)12-4-3-5-14(20)8-12;/h3-5,8-10,16,21H,6-7,11H2,1-2H3;1H. The number of carbonyl (C=O) groups is 1. The summed E-state index contributed by atoms with van der Waals surface area (Å²) < 4.78 is 23.9. The van der Waals surface area contributed by atoms with E-state index in [0.29, 0.717) is 25.2 Å². The Morgan fingerprint density at radius 3 is 2.66 bits per heavy atom. The van der Waals surface area contributed by atoms with Crippen LogP contribution in [0.25, 0.3) is 0 Å². The number of nitro benzene ring substituents is 1. The van der Waals surface area contributed by atoms with Crippen LogP contribution in [0.15, 0.2) is 36.4 Å². The zero-order chi connectivity index (χ0) is 20.3. The minimum absolute atomic E-state index is 0. The van der Waals surface area contributed by atoms with E-state index in [9.17, 15) is 19.3 Å². The predicted octanol–water partition coefficient (Wildman–Crippen LogP) is 2.96. The Bertz CT molecular complexity index is 911. The molecule has 1 N–H and O–H groups in total. The van der Waals surface area contributed by atoms with E-state index in [0.717, 1.165) is 0 Å². The third-order valence-corrected chi connectivity index (χ3v) is 4.64. The van der Waals surface area contributed by atoms with Crippen LogP contribution in [-0.2, 0) is 0 Å². The molecule has 1 unspecified atom stereocenters. The van der Waals surface area contributed by atoms with Crippen molar-refractivity contribution in [3.8, 4) is 11.5 Å². The van der Waals surface area contributed by atoms with Crippen molar-refractivity contribution >= 4 is 24.0 Å². The Hall–Kier alpha value is -2.91. The van der Waals surface area contributed by atoms with Crippen LogP contribution in [0.4, 0.5) is 10.1 Å². The molecule has 2 aromatic rings. The first kappa shape index (κ1) is 22.4. The first-order chi connectivity index (χ1) is 13.5. The van der Waals surface area contributed by atoms with E-state index in [1.807, 2.05) is 0 Å². The zero-order valence-electron chi connectivity index (χ0n) is 15.9. The molecule has 3 rings (SSSR count). The van der Waals surface area contributed by atoms with Gasteiger partial charge in [0.05, 0.1) is 30.7 Å². The van der Waals surface area contributed by atoms with Gasteiger partial charge in [-0.1, -0.05) is 12.1 Å². The summed E-state index contributed by atoms with van der Waals surface area (Å²) in [4.78, 5) is 25.6. The third-order valence-electron chi connectivity index (χ3n) is 4.64. The SMILES string of the molecule is COc1cc(C(=O)N2CCNCC2c2cccc(F)c2)cc([N+](=O)[O-])c1OC.Cl. The van der Waals surface area contributed by atoms with Crippen molar-refractivity contribution < 1.29 is 23.6 Å². The van der Waals surface area contributed by atoms with Crippen LogP contribution >= 0.6 is 12.4 Å². The van der Waals surface area contributed by atoms with Crippen LogP contribution in [0.3, 0.4) is 0 Å². The molecular weight excluding hydrogens is 405 g/mol. The highest BCUT2D eigenvalue weighted by Gasteiger charge is 2.31. The molecule has 0 bridgehead atoms. The summed E-state index contributed by atoms with van der Waals surface area (Å²) in [6.07, 6.45) is 0. The van der Waals surface area contributed by atoms with Gasteiger partial charge in [0.2, 0.25) is 5.75 Å². The fourth-order valence-corrected chi connectivity index (χ4v) is 3.33. The molecular formula is C19H21ClFN3O5. The van der Waals surface area contributed by atoms with E-state index in [-0.39, 0.29) is 35.2 Å². The second-order valence-electron chi connectivity index (χ2n) is 6.26. The van der Waals surface area contributed by atoms with E-state index in [1.165, 1.54) is 38.5 Å². The molecule has 1 heterocycles. The maximum Gasteiger partial charge on any atom is 0.315 e. The first-order valence-electron chi connectivity index (χ1n) is 8.63. The average Bonchev–Trinajstić information content (AvgIpc) is 2.72. The molecule has 1 saturated heterocycles. The Morgan fingerprint density at radius 2 is 2.03 bits per heavy atom. The molecule has 10 heteroatoms. The summed E-state index contributed by atoms with van der Waals surface area (Å²) in [7, 11) is 2.64. The lowest BCUT2D eigenvalue weighted by Gasteiger charge is -2.36. The van der Waals surface area contributed by atoms with Gasteiger partial charge in [0.1, 0.15) is 5.82 Å². The normalized spacial score (nSPS) is 16.0. The van der Waals surface area contributed by atoms with E-state index in [2.05, 4.69) is 5.32 Å². The van der Waals surface area contributed by atoms with Crippen LogP contribution in [0.2, 0.25) is 0 Å². The number of benzene rings is 2. The maximum atomic E-state index is 13.7. The quantitative estimate of drug-likeness (QED) is 0.584. The molecule has 0 aliphatic carbocycles. The number of rotatable bonds is 5. The minimum Gasteiger partial charge on any atom is -0.493 e. The van der Waals surface area contributed by atoms with Gasteiger partial charge in [-0.3, -0.25) is 14.9 Å². The molecule has 0 saturated carbocycles. The first-order valence-corrected chi connectivity index (χ1v) is 8.63. The lowest BCUT2D eigenvalue weighted by molar-refractivity contribution is -0.385. The highest BCUT2D eigenvalue weighted by Crippen LogP contribution is 2.38. The van der Waals surface area contributed by atoms with E-state index in [4.69, 9.17) is 9.47 Å². The summed E-state index contributed by atoms with van der Waals surface area (Å²) >= 11 is 0. The van der Waals surface area contributed by atoms with Gasteiger partial charge in [-0.15, -0.1) is 12.4 Å². The third kappa shape index (κ3) is 4.57.